The number of furan rings is 1. The molecule has 0 bridgehead atoms. The monoisotopic (exact) mass is 690 g/mol. The number of rotatable bonds is 5. The summed E-state index contributed by atoms with van der Waals surface area (Å²) in [4.78, 5) is 14.9. The predicted molar refractivity (Wildman–Crippen MR) is 221 cm³/mol. The van der Waals surface area contributed by atoms with E-state index in [-0.39, 0.29) is 0 Å². The zero-order chi connectivity index (χ0) is 35.6. The molecule has 5 heteroatoms. The van der Waals surface area contributed by atoms with Crippen molar-refractivity contribution in [3.05, 3.63) is 182 Å². The Morgan fingerprint density at radius 2 is 0.963 bits per heavy atom. The molecule has 0 saturated carbocycles. The topological polar surface area (TPSA) is 56.7 Å². The Kier molecular flexibility index (Phi) is 6.79. The summed E-state index contributed by atoms with van der Waals surface area (Å²) >= 11 is 0. The molecule has 0 atom stereocenters. The minimum Gasteiger partial charge on any atom is -0.454 e. The molecular formula is C49H30N4O. The summed E-state index contributed by atoms with van der Waals surface area (Å²) in [5.41, 5.74) is 9.80. The van der Waals surface area contributed by atoms with E-state index < -0.39 is 0 Å². The van der Waals surface area contributed by atoms with Crippen molar-refractivity contribution in [1.29, 1.82) is 0 Å². The smallest absolute Gasteiger partial charge is 0.164 e. The molecule has 0 aliphatic rings. The average Bonchev–Trinajstić information content (AvgIpc) is 3.79. The van der Waals surface area contributed by atoms with Gasteiger partial charge < -0.3 is 8.98 Å². The van der Waals surface area contributed by atoms with Crippen molar-refractivity contribution in [1.82, 2.24) is 19.5 Å². The lowest BCUT2D eigenvalue weighted by atomic mass is 9.98. The predicted octanol–water partition coefficient (Wildman–Crippen LogP) is 12.7. The van der Waals surface area contributed by atoms with Crippen molar-refractivity contribution in [2.45, 2.75) is 0 Å². The van der Waals surface area contributed by atoms with Gasteiger partial charge in [-0.3, -0.25) is 0 Å². The van der Waals surface area contributed by atoms with Crippen LogP contribution in [0.2, 0.25) is 0 Å². The van der Waals surface area contributed by atoms with Gasteiger partial charge in [0.15, 0.2) is 23.1 Å². The second kappa shape index (κ2) is 12.1. The minimum atomic E-state index is 0.586. The van der Waals surface area contributed by atoms with Gasteiger partial charge in [0, 0.05) is 38.2 Å². The third kappa shape index (κ3) is 4.83. The van der Waals surface area contributed by atoms with E-state index in [1.807, 2.05) is 60.7 Å². The maximum atomic E-state index is 7.05. The Labute approximate surface area is 310 Å². The van der Waals surface area contributed by atoms with Gasteiger partial charge in [-0.1, -0.05) is 146 Å². The Balaban J connectivity index is 1.18. The first kappa shape index (κ1) is 30.3. The maximum absolute atomic E-state index is 7.05. The number of fused-ring (bicyclic) bond motifs is 7. The molecule has 0 unspecified atom stereocenters. The van der Waals surface area contributed by atoms with Crippen molar-refractivity contribution in [2.75, 3.05) is 0 Å². The molecule has 0 aliphatic carbocycles. The Morgan fingerprint density at radius 1 is 0.389 bits per heavy atom. The van der Waals surface area contributed by atoms with Crippen LogP contribution in [0.5, 0.6) is 0 Å². The van der Waals surface area contributed by atoms with E-state index in [9.17, 15) is 0 Å². The van der Waals surface area contributed by atoms with Crippen LogP contribution in [0.4, 0.5) is 0 Å². The highest BCUT2D eigenvalue weighted by atomic mass is 16.3. The van der Waals surface area contributed by atoms with E-state index in [1.54, 1.807) is 0 Å². The van der Waals surface area contributed by atoms with Crippen LogP contribution in [0.3, 0.4) is 0 Å². The van der Waals surface area contributed by atoms with Gasteiger partial charge in [0.25, 0.3) is 0 Å². The van der Waals surface area contributed by atoms with E-state index in [4.69, 9.17) is 19.4 Å². The highest BCUT2D eigenvalue weighted by Gasteiger charge is 2.22. The molecule has 3 aromatic heterocycles. The van der Waals surface area contributed by atoms with Crippen molar-refractivity contribution in [3.8, 4) is 51.0 Å². The fourth-order valence-corrected chi connectivity index (χ4v) is 7.89. The normalized spacial score (nSPS) is 11.7. The number of benzene rings is 8. The van der Waals surface area contributed by atoms with Gasteiger partial charge in [-0.15, -0.1) is 0 Å². The van der Waals surface area contributed by atoms with Crippen LogP contribution in [0.25, 0.3) is 105 Å². The van der Waals surface area contributed by atoms with E-state index >= 15 is 0 Å². The van der Waals surface area contributed by atoms with Gasteiger partial charge in [0.05, 0.1) is 16.7 Å². The van der Waals surface area contributed by atoms with Crippen molar-refractivity contribution in [2.24, 2.45) is 0 Å². The fraction of sp³-hybridized carbons (Fsp3) is 0. The van der Waals surface area contributed by atoms with Crippen LogP contribution in [0, 0.1) is 0 Å². The van der Waals surface area contributed by atoms with Crippen LogP contribution in [-0.2, 0) is 0 Å². The molecule has 8 aromatic carbocycles. The van der Waals surface area contributed by atoms with Crippen molar-refractivity contribution in [3.63, 3.8) is 0 Å². The van der Waals surface area contributed by atoms with Gasteiger partial charge in [-0.2, -0.15) is 0 Å². The zero-order valence-electron chi connectivity index (χ0n) is 29.0. The standard InChI is InChI=1S/C49H30N4O/c1-4-14-31(15-5-1)37-26-27-42(53-41-23-13-12-22-38(41)40-28-34-20-10-11-21-35(34)29-43(40)53)46-45(37)39-25-24-36(30-44(39)54-46)49-51-47(32-16-6-2-7-17-32)50-48(52-49)33-18-8-3-9-19-33/h1-30H. The van der Waals surface area contributed by atoms with Gasteiger partial charge in [-0.25, -0.2) is 15.0 Å². The number of aromatic nitrogens is 4. The summed E-state index contributed by atoms with van der Waals surface area (Å²) in [7, 11) is 0. The van der Waals surface area contributed by atoms with Gasteiger partial charge in [0.2, 0.25) is 0 Å². The molecule has 0 fully saturated rings. The van der Waals surface area contributed by atoms with Crippen LogP contribution in [0.1, 0.15) is 0 Å². The van der Waals surface area contributed by atoms with Crippen LogP contribution in [0.15, 0.2) is 186 Å². The quantitative estimate of drug-likeness (QED) is 0.180. The zero-order valence-corrected chi connectivity index (χ0v) is 29.0. The van der Waals surface area contributed by atoms with E-state index in [0.29, 0.717) is 17.5 Å². The molecule has 252 valence electrons. The number of para-hydroxylation sites is 1. The Bertz CT molecular complexity index is 3140. The fourth-order valence-electron chi connectivity index (χ4n) is 7.89. The summed E-state index contributed by atoms with van der Waals surface area (Å²) in [5, 5.41) is 6.93. The molecule has 0 N–H and O–H groups in total. The molecule has 5 nitrogen and oxygen atoms in total. The van der Waals surface area contributed by atoms with Crippen molar-refractivity contribution >= 4 is 54.5 Å². The van der Waals surface area contributed by atoms with Crippen LogP contribution < -0.4 is 0 Å². The summed E-state index contributed by atoms with van der Waals surface area (Å²) in [6, 6.07) is 63.3. The molecule has 11 aromatic rings. The highest BCUT2D eigenvalue weighted by molar-refractivity contribution is 6.18. The van der Waals surface area contributed by atoms with E-state index in [2.05, 4.69) is 126 Å². The number of hydrogen-bond acceptors (Lipinski definition) is 4. The molecule has 0 amide bonds. The highest BCUT2D eigenvalue weighted by Crippen LogP contribution is 2.43. The van der Waals surface area contributed by atoms with Crippen LogP contribution in [-0.4, -0.2) is 19.5 Å². The summed E-state index contributed by atoms with van der Waals surface area (Å²) in [6.45, 7) is 0. The lowest BCUT2D eigenvalue weighted by Gasteiger charge is -2.12. The van der Waals surface area contributed by atoms with Crippen molar-refractivity contribution < 1.29 is 4.42 Å². The maximum Gasteiger partial charge on any atom is 0.164 e. The van der Waals surface area contributed by atoms with Crippen LogP contribution >= 0.6 is 0 Å². The van der Waals surface area contributed by atoms with E-state index in [0.717, 1.165) is 66.5 Å². The molecule has 3 heterocycles. The molecular weight excluding hydrogens is 661 g/mol. The summed E-state index contributed by atoms with van der Waals surface area (Å²) in [6.07, 6.45) is 0. The first-order chi connectivity index (χ1) is 26.8. The largest absolute Gasteiger partial charge is 0.454 e. The first-order valence-corrected chi connectivity index (χ1v) is 18.1. The van der Waals surface area contributed by atoms with E-state index in [1.165, 1.54) is 21.5 Å². The molecule has 0 aliphatic heterocycles. The third-order valence-electron chi connectivity index (χ3n) is 10.4. The first-order valence-electron chi connectivity index (χ1n) is 18.1. The second-order valence-corrected chi connectivity index (χ2v) is 13.6. The lowest BCUT2D eigenvalue weighted by Crippen LogP contribution is -2.00. The molecule has 54 heavy (non-hydrogen) atoms. The molecule has 0 spiro atoms. The number of hydrogen-bond donors (Lipinski definition) is 0. The Hall–Kier alpha value is -7.37. The van der Waals surface area contributed by atoms with Gasteiger partial charge >= 0.3 is 0 Å². The summed E-state index contributed by atoms with van der Waals surface area (Å²) in [5.74, 6) is 1.83. The summed E-state index contributed by atoms with van der Waals surface area (Å²) < 4.78 is 9.42. The lowest BCUT2D eigenvalue weighted by molar-refractivity contribution is 0.666. The number of nitrogens with zero attached hydrogens (tertiary/aromatic N) is 4. The van der Waals surface area contributed by atoms with Gasteiger partial charge in [0.1, 0.15) is 5.58 Å². The molecule has 11 rings (SSSR count). The second-order valence-electron chi connectivity index (χ2n) is 13.6. The minimum absolute atomic E-state index is 0.586. The Morgan fingerprint density at radius 3 is 1.65 bits per heavy atom. The average molecular weight is 691 g/mol. The molecule has 0 radical (unpaired) electrons. The van der Waals surface area contributed by atoms with Gasteiger partial charge in [-0.05, 0) is 58.3 Å². The third-order valence-corrected chi connectivity index (χ3v) is 10.4. The molecule has 0 saturated heterocycles. The SMILES string of the molecule is c1ccc(-c2nc(-c3ccccc3)nc(-c3ccc4c(c3)oc3c(-n5c6ccccc6c6cc7ccccc7cc65)ccc(-c5ccccc5)c34)n2)cc1.